The second kappa shape index (κ2) is 9.13. The average Bonchev–Trinajstić information content (AvgIpc) is 3.25. The number of aromatic nitrogens is 3. The number of nitrogens with one attached hydrogen (secondary N) is 1. The molecule has 0 radical (unpaired) electrons. The maximum absolute atomic E-state index is 12.6. The number of carbonyl (C=O) groups is 1. The Balaban J connectivity index is 1.24. The molecule has 5 rings (SSSR count). The van der Waals surface area contributed by atoms with Crippen molar-refractivity contribution < 1.29 is 4.79 Å². The lowest BCUT2D eigenvalue weighted by molar-refractivity contribution is 0.142. The fraction of sp³-hybridized carbons (Fsp3) is 0.250. The van der Waals surface area contributed by atoms with Crippen LogP contribution in [0, 0.1) is 6.92 Å². The molecule has 168 valence electrons. The first-order valence-electron chi connectivity index (χ1n) is 10.9. The Kier molecular flexibility index (Phi) is 5.89. The third-order valence-electron chi connectivity index (χ3n) is 5.67. The third kappa shape index (κ3) is 4.79. The number of benzene rings is 2. The maximum Gasteiger partial charge on any atom is 0.321 e. The van der Waals surface area contributed by atoms with Crippen LogP contribution in [0.2, 0.25) is 0 Å². The quantitative estimate of drug-likeness (QED) is 0.504. The standard InChI is InChI=1S/C24H24N6O2S/c1-17-7-9-18(10-8-17)22-27-30-21(31)15-20(26-24(30)33-22)16-28-11-13-29(14-12-28)23(32)25-19-5-3-2-4-6-19/h2-10,15H,11-14,16H2,1H3,(H,25,32). The molecule has 2 aromatic heterocycles. The topological polar surface area (TPSA) is 82.8 Å². The van der Waals surface area contributed by atoms with Gasteiger partial charge in [-0.1, -0.05) is 59.4 Å². The molecule has 1 aliphatic rings. The summed E-state index contributed by atoms with van der Waals surface area (Å²) in [5.74, 6) is 0. The number of fused-ring (bicyclic) bond motifs is 1. The largest absolute Gasteiger partial charge is 0.322 e. The van der Waals surface area contributed by atoms with E-state index in [9.17, 15) is 9.59 Å². The van der Waals surface area contributed by atoms with E-state index in [1.165, 1.54) is 21.4 Å². The van der Waals surface area contributed by atoms with Crippen LogP contribution in [0.1, 0.15) is 11.3 Å². The van der Waals surface area contributed by atoms with Crippen molar-refractivity contribution in [3.05, 3.63) is 82.3 Å². The SMILES string of the molecule is Cc1ccc(-c2nn3c(=O)cc(CN4CCN(C(=O)Nc5ccccc5)CC4)nc3s2)cc1. The molecule has 2 amide bonds. The Morgan fingerprint density at radius 1 is 1.03 bits per heavy atom. The summed E-state index contributed by atoms with van der Waals surface area (Å²) in [6.07, 6.45) is 0. The fourth-order valence-corrected chi connectivity index (χ4v) is 4.74. The van der Waals surface area contributed by atoms with E-state index in [1.54, 1.807) is 6.07 Å². The number of hydrogen-bond acceptors (Lipinski definition) is 6. The molecule has 3 heterocycles. The molecule has 1 fully saturated rings. The molecule has 1 N–H and O–H groups in total. The molecule has 0 saturated carbocycles. The van der Waals surface area contributed by atoms with Gasteiger partial charge in [0.2, 0.25) is 4.96 Å². The highest BCUT2D eigenvalue weighted by Gasteiger charge is 2.22. The van der Waals surface area contributed by atoms with Crippen molar-refractivity contribution in [2.75, 3.05) is 31.5 Å². The van der Waals surface area contributed by atoms with Gasteiger partial charge in [-0.05, 0) is 19.1 Å². The van der Waals surface area contributed by atoms with Gasteiger partial charge in [0.05, 0.1) is 5.69 Å². The fourth-order valence-electron chi connectivity index (χ4n) is 3.81. The molecule has 1 saturated heterocycles. The summed E-state index contributed by atoms with van der Waals surface area (Å²) in [6.45, 7) is 5.30. The van der Waals surface area contributed by atoms with Crippen molar-refractivity contribution in [1.82, 2.24) is 24.4 Å². The van der Waals surface area contributed by atoms with Crippen LogP contribution in [0.15, 0.2) is 65.5 Å². The van der Waals surface area contributed by atoms with E-state index in [2.05, 4.69) is 20.3 Å². The third-order valence-corrected chi connectivity index (χ3v) is 6.62. The van der Waals surface area contributed by atoms with Gasteiger partial charge in [-0.3, -0.25) is 9.69 Å². The van der Waals surface area contributed by atoms with Gasteiger partial charge < -0.3 is 10.2 Å². The molecule has 2 aromatic carbocycles. The second-order valence-corrected chi connectivity index (χ2v) is 9.07. The van der Waals surface area contributed by atoms with Crippen LogP contribution in [0.4, 0.5) is 10.5 Å². The molecule has 8 nitrogen and oxygen atoms in total. The van der Waals surface area contributed by atoms with Gasteiger partial charge in [0.15, 0.2) is 0 Å². The number of aryl methyl sites for hydroxylation is 1. The van der Waals surface area contributed by atoms with E-state index in [1.807, 2.05) is 66.4 Å². The van der Waals surface area contributed by atoms with E-state index in [0.29, 0.717) is 24.6 Å². The second-order valence-electron chi connectivity index (χ2n) is 8.11. The molecule has 0 aliphatic carbocycles. The molecule has 4 aromatic rings. The normalized spacial score (nSPS) is 14.5. The summed E-state index contributed by atoms with van der Waals surface area (Å²) in [6, 6.07) is 19.0. The minimum atomic E-state index is -0.175. The van der Waals surface area contributed by atoms with Gasteiger partial charge in [0.1, 0.15) is 5.01 Å². The number of para-hydroxylation sites is 1. The zero-order valence-electron chi connectivity index (χ0n) is 18.3. The first-order chi connectivity index (χ1) is 16.0. The van der Waals surface area contributed by atoms with Crippen LogP contribution in [0.25, 0.3) is 15.5 Å². The van der Waals surface area contributed by atoms with Gasteiger partial charge in [-0.15, -0.1) is 0 Å². The van der Waals surface area contributed by atoms with E-state index in [4.69, 9.17) is 0 Å². The lowest BCUT2D eigenvalue weighted by Gasteiger charge is -2.34. The molecule has 0 bridgehead atoms. The zero-order chi connectivity index (χ0) is 22.8. The average molecular weight is 461 g/mol. The smallest absolute Gasteiger partial charge is 0.321 e. The van der Waals surface area contributed by atoms with Gasteiger partial charge in [-0.25, -0.2) is 9.78 Å². The van der Waals surface area contributed by atoms with E-state index in [-0.39, 0.29) is 11.6 Å². The molecular weight excluding hydrogens is 436 g/mol. The van der Waals surface area contributed by atoms with E-state index >= 15 is 0 Å². The number of nitrogens with zero attached hydrogens (tertiary/aromatic N) is 5. The Hall–Kier alpha value is -3.56. The predicted octanol–water partition coefficient (Wildman–Crippen LogP) is 3.48. The Bertz CT molecular complexity index is 1320. The van der Waals surface area contributed by atoms with Crippen LogP contribution < -0.4 is 10.9 Å². The summed E-state index contributed by atoms with van der Waals surface area (Å²) in [5.41, 5.74) is 3.49. The minimum Gasteiger partial charge on any atom is -0.322 e. The number of piperazine rings is 1. The van der Waals surface area contributed by atoms with Crippen molar-refractivity contribution in [3.8, 4) is 10.6 Å². The number of rotatable bonds is 4. The summed E-state index contributed by atoms with van der Waals surface area (Å²) >= 11 is 1.41. The summed E-state index contributed by atoms with van der Waals surface area (Å²) in [5, 5.41) is 8.16. The number of amides is 2. The summed E-state index contributed by atoms with van der Waals surface area (Å²) < 4.78 is 1.37. The van der Waals surface area contributed by atoms with Crippen LogP contribution >= 0.6 is 11.3 Å². The molecular formula is C24H24N6O2S. The maximum atomic E-state index is 12.6. The molecule has 0 spiro atoms. The molecule has 0 atom stereocenters. The van der Waals surface area contributed by atoms with Gasteiger partial charge in [0.25, 0.3) is 5.56 Å². The lowest BCUT2D eigenvalue weighted by Crippen LogP contribution is -2.49. The van der Waals surface area contributed by atoms with Crippen molar-refractivity contribution >= 4 is 28.0 Å². The van der Waals surface area contributed by atoms with Crippen LogP contribution in [-0.2, 0) is 6.54 Å². The Morgan fingerprint density at radius 3 is 2.48 bits per heavy atom. The van der Waals surface area contributed by atoms with Crippen molar-refractivity contribution in [3.63, 3.8) is 0 Å². The van der Waals surface area contributed by atoms with Gasteiger partial charge in [0, 0.05) is 50.0 Å². The monoisotopic (exact) mass is 460 g/mol. The van der Waals surface area contributed by atoms with Crippen LogP contribution in [-0.4, -0.2) is 56.6 Å². The summed E-state index contributed by atoms with van der Waals surface area (Å²) in [4.78, 5) is 34.4. The highest BCUT2D eigenvalue weighted by molar-refractivity contribution is 7.19. The molecule has 1 aliphatic heterocycles. The minimum absolute atomic E-state index is 0.0908. The lowest BCUT2D eigenvalue weighted by atomic mass is 10.2. The highest BCUT2D eigenvalue weighted by atomic mass is 32.1. The predicted molar refractivity (Wildman–Crippen MR) is 130 cm³/mol. The molecule has 9 heteroatoms. The summed E-state index contributed by atoms with van der Waals surface area (Å²) in [7, 11) is 0. The van der Waals surface area contributed by atoms with Crippen LogP contribution in [0.5, 0.6) is 0 Å². The zero-order valence-corrected chi connectivity index (χ0v) is 19.1. The first kappa shape index (κ1) is 21.3. The van der Waals surface area contributed by atoms with Gasteiger partial charge in [-0.2, -0.15) is 9.61 Å². The molecule has 33 heavy (non-hydrogen) atoms. The number of anilines is 1. The van der Waals surface area contributed by atoms with Crippen LogP contribution in [0.3, 0.4) is 0 Å². The number of urea groups is 1. The van der Waals surface area contributed by atoms with Gasteiger partial charge >= 0.3 is 6.03 Å². The van der Waals surface area contributed by atoms with E-state index < -0.39 is 0 Å². The molecule has 0 unspecified atom stereocenters. The Labute approximate surface area is 195 Å². The number of hydrogen-bond donors (Lipinski definition) is 1. The van der Waals surface area contributed by atoms with Crippen molar-refractivity contribution in [2.24, 2.45) is 0 Å². The highest BCUT2D eigenvalue weighted by Crippen LogP contribution is 2.24. The first-order valence-corrected chi connectivity index (χ1v) is 11.7. The van der Waals surface area contributed by atoms with E-state index in [0.717, 1.165) is 35.0 Å². The van der Waals surface area contributed by atoms with Crippen molar-refractivity contribution in [1.29, 1.82) is 0 Å². The number of carbonyl (C=O) groups excluding carboxylic acids is 1. The Morgan fingerprint density at radius 2 is 1.76 bits per heavy atom. The van der Waals surface area contributed by atoms with Crippen molar-refractivity contribution in [2.45, 2.75) is 13.5 Å².